The molecule has 0 saturated heterocycles. The van der Waals surface area contributed by atoms with Crippen LogP contribution in [0.3, 0.4) is 0 Å². The highest BCUT2D eigenvalue weighted by molar-refractivity contribution is 8.00. The molecule has 0 heterocycles. The zero-order valence-electron chi connectivity index (χ0n) is 8.37. The van der Waals surface area contributed by atoms with E-state index in [-0.39, 0.29) is 16.7 Å². The van der Waals surface area contributed by atoms with E-state index in [1.165, 1.54) is 12.1 Å². The summed E-state index contributed by atoms with van der Waals surface area (Å²) in [4.78, 5) is 0.209. The third-order valence-electron chi connectivity index (χ3n) is 1.70. The summed E-state index contributed by atoms with van der Waals surface area (Å²) in [6.45, 7) is 0. The second-order valence-corrected chi connectivity index (χ2v) is 4.62. The molecule has 1 rings (SSSR count). The smallest absolute Gasteiger partial charge is 0.179 e. The van der Waals surface area contributed by atoms with Crippen molar-refractivity contribution in [3.8, 4) is 0 Å². The van der Waals surface area contributed by atoms with Crippen molar-refractivity contribution in [1.82, 2.24) is 0 Å². The van der Waals surface area contributed by atoms with E-state index >= 15 is 0 Å². The molecule has 0 radical (unpaired) electrons. The van der Waals surface area contributed by atoms with Crippen LogP contribution in [0, 0.1) is 0 Å². The fourth-order valence-corrected chi connectivity index (χ4v) is 1.87. The highest BCUT2D eigenvalue weighted by Crippen LogP contribution is 2.36. The van der Waals surface area contributed by atoms with Gasteiger partial charge in [-0.1, -0.05) is 24.3 Å². The number of rotatable bonds is 4. The normalized spacial score (nSPS) is 12.2. The maximum Gasteiger partial charge on any atom is 0.446 e. The molecule has 5 heteroatoms. The van der Waals surface area contributed by atoms with Crippen molar-refractivity contribution in [1.29, 1.82) is 0 Å². The van der Waals surface area contributed by atoms with Crippen LogP contribution in [0.25, 0.3) is 6.08 Å². The van der Waals surface area contributed by atoms with Crippen LogP contribution in [-0.2, 0) is 0 Å². The van der Waals surface area contributed by atoms with Gasteiger partial charge in [-0.15, -0.1) is 0 Å². The van der Waals surface area contributed by atoms with Crippen LogP contribution in [0.2, 0.25) is 0 Å². The lowest BCUT2D eigenvalue weighted by molar-refractivity contribution is -0.0328. The molecule has 1 aromatic rings. The van der Waals surface area contributed by atoms with E-state index in [2.05, 4.69) is 12.6 Å². The van der Waals surface area contributed by atoms with Crippen molar-refractivity contribution in [3.63, 3.8) is 0 Å². The number of benzene rings is 1. The number of thiol groups is 1. The van der Waals surface area contributed by atoms with Crippen molar-refractivity contribution in [2.45, 2.75) is 16.8 Å². The number of alkyl halides is 3. The molecule has 0 unspecified atom stereocenters. The van der Waals surface area contributed by atoms with E-state index in [1.54, 1.807) is 18.2 Å². The number of halogens is 3. The van der Waals surface area contributed by atoms with Gasteiger partial charge in [0.2, 0.25) is 0 Å². The molecule has 0 saturated carbocycles. The van der Waals surface area contributed by atoms with Gasteiger partial charge in [0.15, 0.2) is 0 Å². The predicted octanol–water partition coefficient (Wildman–Crippen LogP) is 4.63. The Morgan fingerprint density at radius 3 is 2.69 bits per heavy atom. The standard InChI is InChI=1S/C11H11F3S2/c12-11(13,14)16-10-6-3-5-9(8-10)4-1-2-7-15/h1,3-6,8,15H,2,7H2. The first-order chi connectivity index (χ1) is 7.51. The lowest BCUT2D eigenvalue weighted by Gasteiger charge is -2.05. The van der Waals surface area contributed by atoms with Gasteiger partial charge in [-0.25, -0.2) is 0 Å². The van der Waals surface area contributed by atoms with E-state index < -0.39 is 5.51 Å². The molecular weight excluding hydrogens is 253 g/mol. The van der Waals surface area contributed by atoms with Crippen LogP contribution in [0.15, 0.2) is 35.2 Å². The maximum absolute atomic E-state index is 12.1. The predicted molar refractivity (Wildman–Crippen MR) is 65.9 cm³/mol. The zero-order chi connectivity index (χ0) is 12.0. The summed E-state index contributed by atoms with van der Waals surface area (Å²) in [7, 11) is 0. The molecule has 88 valence electrons. The summed E-state index contributed by atoms with van der Waals surface area (Å²) in [6, 6.07) is 6.37. The Balaban J connectivity index is 2.71. The van der Waals surface area contributed by atoms with Gasteiger partial charge in [0.1, 0.15) is 0 Å². The van der Waals surface area contributed by atoms with E-state index in [4.69, 9.17) is 0 Å². The van der Waals surface area contributed by atoms with Gasteiger partial charge in [0.05, 0.1) is 0 Å². The van der Waals surface area contributed by atoms with Gasteiger partial charge in [0, 0.05) is 4.90 Å². The summed E-state index contributed by atoms with van der Waals surface area (Å²) in [5.41, 5.74) is -3.45. The molecule has 0 fully saturated rings. The summed E-state index contributed by atoms with van der Waals surface area (Å²) in [6.07, 6.45) is 4.50. The first kappa shape index (κ1) is 13.5. The largest absolute Gasteiger partial charge is 0.446 e. The molecule has 0 N–H and O–H groups in total. The van der Waals surface area contributed by atoms with Crippen molar-refractivity contribution in [3.05, 3.63) is 35.9 Å². The molecular formula is C11H11F3S2. The molecule has 0 aliphatic rings. The second-order valence-electron chi connectivity index (χ2n) is 3.03. The van der Waals surface area contributed by atoms with Gasteiger partial charge in [0.25, 0.3) is 0 Å². The van der Waals surface area contributed by atoms with E-state index in [9.17, 15) is 13.2 Å². The van der Waals surface area contributed by atoms with Crippen molar-refractivity contribution in [2.24, 2.45) is 0 Å². The highest BCUT2D eigenvalue weighted by Gasteiger charge is 2.28. The lowest BCUT2D eigenvalue weighted by Crippen LogP contribution is -1.98. The fourth-order valence-electron chi connectivity index (χ4n) is 1.11. The van der Waals surface area contributed by atoms with E-state index in [1.807, 2.05) is 6.08 Å². The quantitative estimate of drug-likeness (QED) is 0.611. The van der Waals surface area contributed by atoms with Gasteiger partial charge >= 0.3 is 5.51 Å². The van der Waals surface area contributed by atoms with Crippen LogP contribution >= 0.6 is 24.4 Å². The van der Waals surface area contributed by atoms with E-state index in [0.717, 1.165) is 17.7 Å². The van der Waals surface area contributed by atoms with Crippen LogP contribution in [0.5, 0.6) is 0 Å². The minimum Gasteiger partial charge on any atom is -0.179 e. The minimum atomic E-state index is -4.23. The summed E-state index contributed by atoms with van der Waals surface area (Å²) in [5.74, 6) is 0.730. The minimum absolute atomic E-state index is 0.0949. The molecule has 16 heavy (non-hydrogen) atoms. The summed E-state index contributed by atoms with van der Waals surface area (Å²) < 4.78 is 36.3. The molecule has 0 aliphatic carbocycles. The third-order valence-corrected chi connectivity index (χ3v) is 2.68. The molecule has 0 nitrogen and oxygen atoms in total. The molecule has 0 aromatic heterocycles. The molecule has 0 spiro atoms. The Kier molecular flexibility index (Phi) is 5.28. The molecule has 1 aromatic carbocycles. The van der Waals surface area contributed by atoms with Gasteiger partial charge < -0.3 is 0 Å². The Hall–Kier alpha value is -0.550. The number of hydrogen-bond donors (Lipinski definition) is 1. The van der Waals surface area contributed by atoms with Crippen LogP contribution in [-0.4, -0.2) is 11.3 Å². The summed E-state index contributed by atoms with van der Waals surface area (Å²) in [5, 5.41) is 0. The Morgan fingerprint density at radius 1 is 1.31 bits per heavy atom. The first-order valence-electron chi connectivity index (χ1n) is 4.64. The second kappa shape index (κ2) is 6.25. The van der Waals surface area contributed by atoms with E-state index in [0.29, 0.717) is 0 Å². The number of thioether (sulfide) groups is 1. The van der Waals surface area contributed by atoms with Gasteiger partial charge in [-0.2, -0.15) is 25.8 Å². The average molecular weight is 264 g/mol. The van der Waals surface area contributed by atoms with Gasteiger partial charge in [-0.05, 0) is 41.6 Å². The van der Waals surface area contributed by atoms with Crippen molar-refractivity contribution >= 4 is 30.5 Å². The third kappa shape index (κ3) is 5.51. The maximum atomic E-state index is 12.1. The van der Waals surface area contributed by atoms with Gasteiger partial charge in [-0.3, -0.25) is 0 Å². The van der Waals surface area contributed by atoms with Crippen LogP contribution in [0.4, 0.5) is 13.2 Å². The average Bonchev–Trinajstić information content (AvgIpc) is 2.16. The number of hydrogen-bond acceptors (Lipinski definition) is 2. The Labute approximate surface area is 102 Å². The lowest BCUT2D eigenvalue weighted by atomic mass is 10.2. The molecule has 0 aliphatic heterocycles. The Bertz CT molecular complexity index is 358. The SMILES string of the molecule is FC(F)(F)Sc1cccc(C=CCCS)c1. The van der Waals surface area contributed by atoms with Crippen LogP contribution < -0.4 is 0 Å². The Morgan fingerprint density at radius 2 is 2.06 bits per heavy atom. The van der Waals surface area contributed by atoms with Crippen molar-refractivity contribution in [2.75, 3.05) is 5.75 Å². The van der Waals surface area contributed by atoms with Crippen molar-refractivity contribution < 1.29 is 13.2 Å². The summed E-state index contributed by atoms with van der Waals surface area (Å²) >= 11 is 3.94. The first-order valence-corrected chi connectivity index (χ1v) is 6.09. The molecule has 0 atom stereocenters. The highest BCUT2D eigenvalue weighted by atomic mass is 32.2. The number of allylic oxidation sites excluding steroid dienone is 1. The molecule has 0 amide bonds. The zero-order valence-corrected chi connectivity index (χ0v) is 10.1. The monoisotopic (exact) mass is 264 g/mol. The molecule has 0 bridgehead atoms. The fraction of sp³-hybridized carbons (Fsp3) is 0.273. The topological polar surface area (TPSA) is 0 Å². The van der Waals surface area contributed by atoms with Crippen LogP contribution in [0.1, 0.15) is 12.0 Å².